The molecule has 34 heavy (non-hydrogen) atoms. The molecule has 7 heteroatoms. The molecule has 4 rings (SSSR count). The highest BCUT2D eigenvalue weighted by Crippen LogP contribution is 2.22. The zero-order chi connectivity index (χ0) is 23.9. The van der Waals surface area contributed by atoms with Gasteiger partial charge in [0.05, 0.1) is 0 Å². The van der Waals surface area contributed by atoms with Gasteiger partial charge in [0.2, 0.25) is 5.91 Å². The summed E-state index contributed by atoms with van der Waals surface area (Å²) < 4.78 is 0. The van der Waals surface area contributed by atoms with Crippen molar-refractivity contribution < 1.29 is 4.79 Å². The number of rotatable bonds is 7. The van der Waals surface area contributed by atoms with Crippen LogP contribution in [0.1, 0.15) is 17.0 Å². The summed E-state index contributed by atoms with van der Waals surface area (Å²) in [6.07, 6.45) is 3.23. The highest BCUT2D eigenvalue weighted by atomic mass is 35.5. The number of halogens is 1. The van der Waals surface area contributed by atoms with Crippen LogP contribution >= 0.6 is 11.6 Å². The molecule has 0 spiro atoms. The summed E-state index contributed by atoms with van der Waals surface area (Å²) in [6, 6.07) is 24.6. The standard InChI is InChI=1S/C27H24ClN5O/c1-18-3-10-22(11-4-18)31-25-17-26(30-19(2)29-25)32-23-12-14-24(15-13-23)33-27(34)16-7-20-5-8-21(28)9-6-20/h3-17H,1-2H3,(H,33,34)(H2,29,30,31,32)/b16-7+. The van der Waals surface area contributed by atoms with Crippen LogP contribution in [0.3, 0.4) is 0 Å². The fourth-order valence-electron chi connectivity index (χ4n) is 3.20. The average molecular weight is 470 g/mol. The summed E-state index contributed by atoms with van der Waals surface area (Å²) in [7, 11) is 0. The maximum absolute atomic E-state index is 12.2. The van der Waals surface area contributed by atoms with Crippen molar-refractivity contribution in [2.75, 3.05) is 16.0 Å². The zero-order valence-electron chi connectivity index (χ0n) is 18.8. The molecular weight excluding hydrogens is 446 g/mol. The van der Waals surface area contributed by atoms with Crippen LogP contribution in [0.2, 0.25) is 5.02 Å². The molecule has 6 nitrogen and oxygen atoms in total. The molecule has 170 valence electrons. The third-order valence-corrected chi connectivity index (χ3v) is 5.14. The van der Waals surface area contributed by atoms with Crippen LogP contribution in [-0.4, -0.2) is 15.9 Å². The van der Waals surface area contributed by atoms with Crippen molar-refractivity contribution >= 4 is 52.3 Å². The van der Waals surface area contributed by atoms with Crippen molar-refractivity contribution in [3.63, 3.8) is 0 Å². The number of carbonyl (C=O) groups excluding carboxylic acids is 1. The van der Waals surface area contributed by atoms with E-state index in [1.54, 1.807) is 18.2 Å². The molecule has 0 bridgehead atoms. The molecule has 1 heterocycles. The number of amides is 1. The normalized spacial score (nSPS) is 10.8. The lowest BCUT2D eigenvalue weighted by molar-refractivity contribution is -0.111. The second-order valence-corrected chi connectivity index (χ2v) is 8.19. The molecule has 0 atom stereocenters. The molecular formula is C27H24ClN5O. The van der Waals surface area contributed by atoms with Gasteiger partial charge in [0.25, 0.3) is 0 Å². The maximum atomic E-state index is 12.2. The van der Waals surface area contributed by atoms with Crippen LogP contribution in [-0.2, 0) is 4.79 Å². The average Bonchev–Trinajstić information content (AvgIpc) is 2.81. The Bertz CT molecular complexity index is 1300. The number of nitrogens with one attached hydrogen (secondary N) is 3. The summed E-state index contributed by atoms with van der Waals surface area (Å²) in [5, 5.41) is 10.1. The van der Waals surface area contributed by atoms with Crippen LogP contribution in [0.4, 0.5) is 28.7 Å². The fraction of sp³-hybridized carbons (Fsp3) is 0.0741. The van der Waals surface area contributed by atoms with Crippen LogP contribution in [0, 0.1) is 13.8 Å². The lowest BCUT2D eigenvalue weighted by Gasteiger charge is -2.11. The van der Waals surface area contributed by atoms with E-state index < -0.39 is 0 Å². The van der Waals surface area contributed by atoms with E-state index in [0.29, 0.717) is 28.2 Å². The predicted molar refractivity (Wildman–Crippen MR) is 140 cm³/mol. The minimum absolute atomic E-state index is 0.214. The monoisotopic (exact) mass is 469 g/mol. The van der Waals surface area contributed by atoms with E-state index in [-0.39, 0.29) is 5.91 Å². The Labute approximate surface area is 203 Å². The van der Waals surface area contributed by atoms with Gasteiger partial charge in [-0.05, 0) is 74.0 Å². The quantitative estimate of drug-likeness (QED) is 0.257. The first-order valence-corrected chi connectivity index (χ1v) is 11.1. The Morgan fingerprint density at radius 3 is 1.88 bits per heavy atom. The van der Waals surface area contributed by atoms with E-state index in [0.717, 1.165) is 16.9 Å². The van der Waals surface area contributed by atoms with Crippen molar-refractivity contribution in [3.8, 4) is 0 Å². The molecule has 0 saturated heterocycles. The Kier molecular flexibility index (Phi) is 7.20. The second-order valence-electron chi connectivity index (χ2n) is 7.75. The van der Waals surface area contributed by atoms with Gasteiger partial charge in [0.15, 0.2) is 0 Å². The van der Waals surface area contributed by atoms with Crippen molar-refractivity contribution in [3.05, 3.63) is 107 Å². The number of aromatic nitrogens is 2. The Morgan fingerprint density at radius 1 is 0.765 bits per heavy atom. The molecule has 1 amide bonds. The second kappa shape index (κ2) is 10.6. The number of carbonyl (C=O) groups is 1. The predicted octanol–water partition coefficient (Wildman–Crippen LogP) is 6.89. The van der Waals surface area contributed by atoms with Gasteiger partial charge >= 0.3 is 0 Å². The van der Waals surface area contributed by atoms with E-state index in [4.69, 9.17) is 11.6 Å². The summed E-state index contributed by atoms with van der Waals surface area (Å²) in [4.78, 5) is 21.1. The van der Waals surface area contributed by atoms with Crippen molar-refractivity contribution in [2.45, 2.75) is 13.8 Å². The Hall–Kier alpha value is -4.16. The van der Waals surface area contributed by atoms with Crippen molar-refractivity contribution in [1.82, 2.24) is 9.97 Å². The van der Waals surface area contributed by atoms with Crippen LogP contribution in [0.5, 0.6) is 0 Å². The topological polar surface area (TPSA) is 78.9 Å². The van der Waals surface area contributed by atoms with E-state index in [1.165, 1.54) is 11.6 Å². The first kappa shape index (κ1) is 23.0. The highest BCUT2D eigenvalue weighted by molar-refractivity contribution is 6.30. The van der Waals surface area contributed by atoms with E-state index in [9.17, 15) is 4.79 Å². The molecule has 0 aliphatic carbocycles. The van der Waals surface area contributed by atoms with E-state index >= 15 is 0 Å². The molecule has 0 saturated carbocycles. The molecule has 0 fully saturated rings. The van der Waals surface area contributed by atoms with Crippen LogP contribution in [0.25, 0.3) is 6.08 Å². The number of aryl methyl sites for hydroxylation is 2. The third kappa shape index (κ3) is 6.67. The lowest BCUT2D eigenvalue weighted by atomic mass is 10.2. The zero-order valence-corrected chi connectivity index (χ0v) is 19.6. The van der Waals surface area contributed by atoms with Gasteiger partial charge in [-0.15, -0.1) is 0 Å². The number of hydrogen-bond acceptors (Lipinski definition) is 5. The number of nitrogens with zero attached hydrogens (tertiary/aromatic N) is 2. The van der Waals surface area contributed by atoms with Crippen LogP contribution in [0.15, 0.2) is 84.9 Å². The van der Waals surface area contributed by atoms with Crippen molar-refractivity contribution in [1.29, 1.82) is 0 Å². The summed E-state index contributed by atoms with van der Waals surface area (Å²) in [5.74, 6) is 1.81. The number of hydrogen-bond donors (Lipinski definition) is 3. The Morgan fingerprint density at radius 2 is 1.29 bits per heavy atom. The van der Waals surface area contributed by atoms with E-state index in [1.807, 2.05) is 73.7 Å². The highest BCUT2D eigenvalue weighted by Gasteiger charge is 2.05. The molecule has 0 aliphatic rings. The Balaban J connectivity index is 1.37. The minimum Gasteiger partial charge on any atom is -0.340 e. The first-order valence-electron chi connectivity index (χ1n) is 10.7. The van der Waals surface area contributed by atoms with Gasteiger partial charge in [0.1, 0.15) is 17.5 Å². The summed E-state index contributed by atoms with van der Waals surface area (Å²) >= 11 is 5.88. The third-order valence-electron chi connectivity index (χ3n) is 4.88. The van der Waals surface area contributed by atoms with Crippen molar-refractivity contribution in [2.24, 2.45) is 0 Å². The SMILES string of the molecule is Cc1ccc(Nc2cc(Nc3ccc(NC(=O)/C=C/c4ccc(Cl)cc4)cc3)nc(C)n2)cc1. The molecule has 0 radical (unpaired) electrons. The molecule has 1 aromatic heterocycles. The maximum Gasteiger partial charge on any atom is 0.248 e. The summed E-state index contributed by atoms with van der Waals surface area (Å²) in [5.41, 5.74) is 4.59. The van der Waals surface area contributed by atoms with Crippen LogP contribution < -0.4 is 16.0 Å². The van der Waals surface area contributed by atoms with Gasteiger partial charge in [-0.1, -0.05) is 41.4 Å². The van der Waals surface area contributed by atoms with Gasteiger partial charge in [-0.3, -0.25) is 4.79 Å². The van der Waals surface area contributed by atoms with Gasteiger partial charge in [-0.25, -0.2) is 9.97 Å². The van der Waals surface area contributed by atoms with Gasteiger partial charge < -0.3 is 16.0 Å². The molecule has 0 aliphatic heterocycles. The van der Waals surface area contributed by atoms with Gasteiger partial charge in [0, 0.05) is 34.2 Å². The first-order chi connectivity index (χ1) is 16.4. The molecule has 3 aromatic carbocycles. The molecule has 4 aromatic rings. The van der Waals surface area contributed by atoms with E-state index in [2.05, 4.69) is 32.8 Å². The van der Waals surface area contributed by atoms with Gasteiger partial charge in [-0.2, -0.15) is 0 Å². The lowest BCUT2D eigenvalue weighted by Crippen LogP contribution is -2.07. The summed E-state index contributed by atoms with van der Waals surface area (Å²) in [6.45, 7) is 3.90. The number of anilines is 5. The molecule has 0 unspecified atom stereocenters. The molecule has 3 N–H and O–H groups in total. The fourth-order valence-corrected chi connectivity index (χ4v) is 3.32. The minimum atomic E-state index is -0.214. The smallest absolute Gasteiger partial charge is 0.248 e. The largest absolute Gasteiger partial charge is 0.340 e. The number of benzene rings is 3.